The van der Waals surface area contributed by atoms with Crippen LogP contribution in [0.5, 0.6) is 0 Å². The van der Waals surface area contributed by atoms with Crippen molar-refractivity contribution in [3.63, 3.8) is 0 Å². The molecular formula is C14H12N4O. The summed E-state index contributed by atoms with van der Waals surface area (Å²) in [6, 6.07) is 11.4. The van der Waals surface area contributed by atoms with Crippen molar-refractivity contribution in [2.45, 2.75) is 6.42 Å². The average Bonchev–Trinajstić information content (AvgIpc) is 2.87. The summed E-state index contributed by atoms with van der Waals surface area (Å²) in [4.78, 5) is 16.0. The number of hydrogen-bond donors (Lipinski definition) is 2. The maximum Gasteiger partial charge on any atom is 0.229 e. The zero-order valence-electron chi connectivity index (χ0n) is 10.1. The number of H-pyrrole nitrogens is 1. The Kier molecular flexibility index (Phi) is 2.94. The molecule has 1 amide bonds. The van der Waals surface area contributed by atoms with Crippen molar-refractivity contribution in [1.82, 2.24) is 15.2 Å². The second kappa shape index (κ2) is 4.89. The standard InChI is InChI=1S/C14H12N4O/c19-14(6-10-4-2-1-3-5-10)17-13-7-11-8-16-18-12(11)9-15-13/h1-5,7-9H,6H2,(H,16,18)(H,15,17,19). The molecular weight excluding hydrogens is 240 g/mol. The normalized spacial score (nSPS) is 10.5. The first-order valence-electron chi connectivity index (χ1n) is 5.94. The molecule has 5 heteroatoms. The van der Waals surface area contributed by atoms with E-state index in [4.69, 9.17) is 0 Å². The van der Waals surface area contributed by atoms with Crippen LogP contribution in [0.4, 0.5) is 5.82 Å². The quantitative estimate of drug-likeness (QED) is 0.750. The van der Waals surface area contributed by atoms with Gasteiger partial charge in [0, 0.05) is 5.39 Å². The van der Waals surface area contributed by atoms with Crippen LogP contribution in [0.1, 0.15) is 5.56 Å². The number of pyridine rings is 1. The van der Waals surface area contributed by atoms with E-state index >= 15 is 0 Å². The van der Waals surface area contributed by atoms with Crippen LogP contribution in [-0.4, -0.2) is 21.1 Å². The highest BCUT2D eigenvalue weighted by atomic mass is 16.1. The van der Waals surface area contributed by atoms with E-state index in [0.29, 0.717) is 12.2 Å². The molecule has 3 aromatic rings. The van der Waals surface area contributed by atoms with E-state index in [2.05, 4.69) is 20.5 Å². The summed E-state index contributed by atoms with van der Waals surface area (Å²) in [6.07, 6.45) is 3.69. The Morgan fingerprint density at radius 3 is 2.89 bits per heavy atom. The molecule has 0 atom stereocenters. The van der Waals surface area contributed by atoms with Gasteiger partial charge in [0.1, 0.15) is 5.82 Å². The number of fused-ring (bicyclic) bond motifs is 1. The molecule has 2 aromatic heterocycles. The molecule has 0 bridgehead atoms. The third kappa shape index (κ3) is 2.60. The van der Waals surface area contributed by atoms with E-state index in [-0.39, 0.29) is 5.91 Å². The summed E-state index contributed by atoms with van der Waals surface area (Å²) in [5.41, 5.74) is 1.82. The van der Waals surface area contributed by atoms with Crippen LogP contribution in [0.3, 0.4) is 0 Å². The van der Waals surface area contributed by atoms with Gasteiger partial charge in [0.25, 0.3) is 0 Å². The number of benzene rings is 1. The highest BCUT2D eigenvalue weighted by Crippen LogP contribution is 2.13. The molecule has 19 heavy (non-hydrogen) atoms. The molecule has 94 valence electrons. The molecule has 5 nitrogen and oxygen atoms in total. The van der Waals surface area contributed by atoms with Crippen LogP contribution in [0.25, 0.3) is 10.9 Å². The Bertz CT molecular complexity index is 706. The van der Waals surface area contributed by atoms with Gasteiger partial charge in [-0.1, -0.05) is 30.3 Å². The Morgan fingerprint density at radius 1 is 1.21 bits per heavy atom. The molecule has 0 unspecified atom stereocenters. The Hall–Kier alpha value is -2.69. The fourth-order valence-corrected chi connectivity index (χ4v) is 1.88. The van der Waals surface area contributed by atoms with E-state index in [1.807, 2.05) is 30.3 Å². The van der Waals surface area contributed by atoms with Gasteiger partial charge in [0.2, 0.25) is 5.91 Å². The van der Waals surface area contributed by atoms with Crippen molar-refractivity contribution in [1.29, 1.82) is 0 Å². The van der Waals surface area contributed by atoms with Gasteiger partial charge in [0.15, 0.2) is 0 Å². The van der Waals surface area contributed by atoms with Crippen LogP contribution >= 0.6 is 0 Å². The number of rotatable bonds is 3. The van der Waals surface area contributed by atoms with Gasteiger partial charge >= 0.3 is 0 Å². The van der Waals surface area contributed by atoms with Crippen molar-refractivity contribution in [2.75, 3.05) is 5.32 Å². The van der Waals surface area contributed by atoms with Gasteiger partial charge in [0.05, 0.1) is 24.3 Å². The predicted octanol–water partition coefficient (Wildman–Crippen LogP) is 2.14. The van der Waals surface area contributed by atoms with Gasteiger partial charge in [-0.25, -0.2) is 4.98 Å². The van der Waals surface area contributed by atoms with E-state index in [9.17, 15) is 4.79 Å². The fraction of sp³-hybridized carbons (Fsp3) is 0.0714. The van der Waals surface area contributed by atoms with Crippen LogP contribution in [-0.2, 0) is 11.2 Å². The van der Waals surface area contributed by atoms with Crippen LogP contribution in [0, 0.1) is 0 Å². The third-order valence-corrected chi connectivity index (χ3v) is 2.80. The second-order valence-corrected chi connectivity index (χ2v) is 4.24. The number of aromatic nitrogens is 3. The molecule has 0 spiro atoms. The highest BCUT2D eigenvalue weighted by molar-refractivity contribution is 5.93. The molecule has 0 saturated carbocycles. The van der Waals surface area contributed by atoms with Gasteiger partial charge in [-0.15, -0.1) is 0 Å². The lowest BCUT2D eigenvalue weighted by Crippen LogP contribution is -2.15. The lowest BCUT2D eigenvalue weighted by atomic mass is 10.1. The maximum absolute atomic E-state index is 11.9. The van der Waals surface area contributed by atoms with Gasteiger partial charge in [-0.3, -0.25) is 9.89 Å². The minimum Gasteiger partial charge on any atom is -0.310 e. The maximum atomic E-state index is 11.9. The SMILES string of the molecule is O=C(Cc1ccccc1)Nc1cc2cn[nH]c2cn1. The van der Waals surface area contributed by atoms with Crippen molar-refractivity contribution >= 4 is 22.6 Å². The monoisotopic (exact) mass is 252 g/mol. The van der Waals surface area contributed by atoms with Gasteiger partial charge in [-0.05, 0) is 11.6 Å². The summed E-state index contributed by atoms with van der Waals surface area (Å²) in [7, 11) is 0. The number of carbonyl (C=O) groups is 1. The van der Waals surface area contributed by atoms with E-state index < -0.39 is 0 Å². The Morgan fingerprint density at radius 2 is 2.05 bits per heavy atom. The average molecular weight is 252 g/mol. The van der Waals surface area contributed by atoms with Crippen molar-refractivity contribution in [3.8, 4) is 0 Å². The summed E-state index contributed by atoms with van der Waals surface area (Å²) in [6.45, 7) is 0. The number of carbonyl (C=O) groups excluding carboxylic acids is 1. The lowest BCUT2D eigenvalue weighted by molar-refractivity contribution is -0.115. The smallest absolute Gasteiger partial charge is 0.229 e. The number of nitrogens with zero attached hydrogens (tertiary/aromatic N) is 2. The van der Waals surface area contributed by atoms with Crippen molar-refractivity contribution in [2.24, 2.45) is 0 Å². The first kappa shape index (κ1) is 11.4. The molecule has 1 aromatic carbocycles. The molecule has 2 heterocycles. The summed E-state index contributed by atoms with van der Waals surface area (Å²) < 4.78 is 0. The van der Waals surface area contributed by atoms with E-state index in [1.165, 1.54) is 0 Å². The molecule has 0 aliphatic heterocycles. The zero-order chi connectivity index (χ0) is 13.1. The Balaban J connectivity index is 1.72. The Labute approximate surface area is 109 Å². The minimum atomic E-state index is -0.0819. The van der Waals surface area contributed by atoms with Crippen LogP contribution < -0.4 is 5.32 Å². The predicted molar refractivity (Wildman–Crippen MR) is 72.7 cm³/mol. The second-order valence-electron chi connectivity index (χ2n) is 4.24. The van der Waals surface area contributed by atoms with Gasteiger partial charge in [-0.2, -0.15) is 5.10 Å². The molecule has 0 aliphatic carbocycles. The van der Waals surface area contributed by atoms with Crippen molar-refractivity contribution in [3.05, 3.63) is 54.4 Å². The molecule has 0 radical (unpaired) electrons. The first-order chi connectivity index (χ1) is 9.31. The van der Waals surface area contributed by atoms with Crippen LogP contribution in [0.2, 0.25) is 0 Å². The fourth-order valence-electron chi connectivity index (χ4n) is 1.88. The summed E-state index contributed by atoms with van der Waals surface area (Å²) in [5.74, 6) is 0.455. The number of anilines is 1. The molecule has 3 rings (SSSR count). The van der Waals surface area contributed by atoms with E-state index in [1.54, 1.807) is 18.5 Å². The van der Waals surface area contributed by atoms with E-state index in [0.717, 1.165) is 16.5 Å². The molecule has 0 saturated heterocycles. The van der Waals surface area contributed by atoms with Gasteiger partial charge < -0.3 is 5.32 Å². The largest absolute Gasteiger partial charge is 0.310 e. The number of amides is 1. The number of aromatic amines is 1. The lowest BCUT2D eigenvalue weighted by Gasteiger charge is -2.04. The van der Waals surface area contributed by atoms with Crippen LogP contribution in [0.15, 0.2) is 48.8 Å². The number of hydrogen-bond acceptors (Lipinski definition) is 3. The zero-order valence-corrected chi connectivity index (χ0v) is 10.1. The first-order valence-corrected chi connectivity index (χ1v) is 5.94. The molecule has 0 fully saturated rings. The number of nitrogens with one attached hydrogen (secondary N) is 2. The highest BCUT2D eigenvalue weighted by Gasteiger charge is 2.05. The summed E-state index contributed by atoms with van der Waals surface area (Å²) in [5, 5.41) is 10.4. The third-order valence-electron chi connectivity index (χ3n) is 2.80. The topological polar surface area (TPSA) is 70.7 Å². The molecule has 2 N–H and O–H groups in total. The molecule has 0 aliphatic rings. The summed E-state index contributed by atoms with van der Waals surface area (Å²) >= 11 is 0. The van der Waals surface area contributed by atoms with Crippen molar-refractivity contribution < 1.29 is 4.79 Å². The minimum absolute atomic E-state index is 0.0819.